The van der Waals surface area contributed by atoms with Crippen LogP contribution in [0.15, 0.2) is 65.6 Å². The SMILES string of the molecule is COc1ccc(N([C@@H](C)c2ccc(Cl)cc2)S(=O)(=O)c2ccc(F)c(Cl)c2)cc1OC. The molecule has 0 aliphatic carbocycles. The van der Waals surface area contributed by atoms with Crippen LogP contribution in [0.5, 0.6) is 11.5 Å². The zero-order valence-corrected chi connectivity index (χ0v) is 19.3. The number of hydrogen-bond donors (Lipinski definition) is 0. The molecule has 0 aromatic heterocycles. The molecule has 0 heterocycles. The van der Waals surface area contributed by atoms with Crippen LogP contribution in [0.1, 0.15) is 18.5 Å². The maximum atomic E-state index is 13.7. The molecule has 0 saturated carbocycles. The topological polar surface area (TPSA) is 55.8 Å². The van der Waals surface area contributed by atoms with Crippen LogP contribution in [0, 0.1) is 5.82 Å². The average Bonchev–Trinajstić information content (AvgIpc) is 2.75. The molecular formula is C22H20Cl2FNO4S. The van der Waals surface area contributed by atoms with Crippen molar-refractivity contribution in [1.82, 2.24) is 0 Å². The predicted octanol–water partition coefficient (Wildman–Crippen LogP) is 6.11. The van der Waals surface area contributed by atoms with Crippen LogP contribution in [0.2, 0.25) is 10.0 Å². The highest BCUT2D eigenvalue weighted by Gasteiger charge is 2.31. The molecule has 3 rings (SSSR count). The van der Waals surface area contributed by atoms with Crippen LogP contribution in [-0.4, -0.2) is 22.6 Å². The molecule has 0 aliphatic rings. The number of anilines is 1. The number of ether oxygens (including phenoxy) is 2. The summed E-state index contributed by atoms with van der Waals surface area (Å²) in [6.45, 7) is 1.74. The highest BCUT2D eigenvalue weighted by Crippen LogP contribution is 2.39. The lowest BCUT2D eigenvalue weighted by molar-refractivity contribution is 0.355. The van der Waals surface area contributed by atoms with E-state index in [2.05, 4.69) is 0 Å². The van der Waals surface area contributed by atoms with Crippen LogP contribution in [0.3, 0.4) is 0 Å². The summed E-state index contributed by atoms with van der Waals surface area (Å²) in [6, 6.07) is 14.3. The average molecular weight is 484 g/mol. The minimum Gasteiger partial charge on any atom is -0.493 e. The maximum Gasteiger partial charge on any atom is 0.264 e. The molecule has 3 aromatic rings. The van der Waals surface area contributed by atoms with Gasteiger partial charge < -0.3 is 9.47 Å². The van der Waals surface area contributed by atoms with Crippen LogP contribution in [0.25, 0.3) is 0 Å². The molecule has 3 aromatic carbocycles. The monoisotopic (exact) mass is 483 g/mol. The number of methoxy groups -OCH3 is 2. The molecule has 0 amide bonds. The summed E-state index contributed by atoms with van der Waals surface area (Å²) in [6.07, 6.45) is 0. The summed E-state index contributed by atoms with van der Waals surface area (Å²) in [7, 11) is -1.19. The van der Waals surface area contributed by atoms with E-state index in [1.54, 1.807) is 49.4 Å². The Kier molecular flexibility index (Phi) is 6.99. The van der Waals surface area contributed by atoms with Gasteiger partial charge in [0.25, 0.3) is 10.0 Å². The van der Waals surface area contributed by atoms with E-state index in [0.717, 1.165) is 12.1 Å². The predicted molar refractivity (Wildman–Crippen MR) is 120 cm³/mol. The molecule has 0 aliphatic heterocycles. The van der Waals surface area contributed by atoms with Crippen molar-refractivity contribution in [2.24, 2.45) is 0 Å². The summed E-state index contributed by atoms with van der Waals surface area (Å²) in [5, 5.41) is 0.245. The van der Waals surface area contributed by atoms with Gasteiger partial charge in [-0.25, -0.2) is 12.8 Å². The Hall–Kier alpha value is -2.48. The van der Waals surface area contributed by atoms with Crippen LogP contribution < -0.4 is 13.8 Å². The van der Waals surface area contributed by atoms with E-state index in [1.165, 1.54) is 24.6 Å². The van der Waals surface area contributed by atoms with Gasteiger partial charge in [-0.15, -0.1) is 0 Å². The molecule has 5 nitrogen and oxygen atoms in total. The minimum absolute atomic E-state index is 0.144. The molecular weight excluding hydrogens is 464 g/mol. The second-order valence-electron chi connectivity index (χ2n) is 6.64. The molecule has 1 atom stereocenters. The summed E-state index contributed by atoms with van der Waals surface area (Å²) in [4.78, 5) is -0.144. The standard InChI is InChI=1S/C22H20Cl2FNO4S/c1-14(15-4-6-16(23)7-5-15)26(17-8-11-21(29-2)22(12-17)30-3)31(27,28)18-9-10-20(25)19(24)13-18/h4-14H,1-3H3/t14-/m0/s1. The first-order valence-electron chi connectivity index (χ1n) is 9.16. The number of sulfonamides is 1. The Labute approximate surface area is 191 Å². The molecule has 0 spiro atoms. The van der Waals surface area contributed by atoms with E-state index in [1.807, 2.05) is 0 Å². The first-order valence-corrected chi connectivity index (χ1v) is 11.4. The molecule has 0 N–H and O–H groups in total. The number of halogens is 3. The van der Waals surface area contributed by atoms with Gasteiger partial charge in [0.15, 0.2) is 11.5 Å². The first-order chi connectivity index (χ1) is 14.7. The Morgan fingerprint density at radius 2 is 1.55 bits per heavy atom. The van der Waals surface area contributed by atoms with Gasteiger partial charge >= 0.3 is 0 Å². The molecule has 0 unspecified atom stereocenters. The zero-order chi connectivity index (χ0) is 22.8. The van der Waals surface area contributed by atoms with Crippen molar-refractivity contribution in [1.29, 1.82) is 0 Å². The van der Waals surface area contributed by atoms with E-state index < -0.39 is 21.9 Å². The van der Waals surface area contributed by atoms with Crippen molar-refractivity contribution in [2.75, 3.05) is 18.5 Å². The minimum atomic E-state index is -4.14. The van der Waals surface area contributed by atoms with Crippen molar-refractivity contribution in [3.63, 3.8) is 0 Å². The summed E-state index contributed by atoms with van der Waals surface area (Å²) >= 11 is 11.9. The van der Waals surface area contributed by atoms with Crippen molar-refractivity contribution >= 4 is 38.9 Å². The fourth-order valence-corrected chi connectivity index (χ4v) is 5.19. The van der Waals surface area contributed by atoms with E-state index in [4.69, 9.17) is 32.7 Å². The van der Waals surface area contributed by atoms with Gasteiger partial charge in [0.1, 0.15) is 5.82 Å². The van der Waals surface area contributed by atoms with E-state index >= 15 is 0 Å². The van der Waals surface area contributed by atoms with Crippen molar-refractivity contribution in [3.8, 4) is 11.5 Å². The second-order valence-corrected chi connectivity index (χ2v) is 9.30. The Balaban J connectivity index is 2.20. The van der Waals surface area contributed by atoms with E-state index in [0.29, 0.717) is 27.8 Å². The molecule has 0 radical (unpaired) electrons. The summed E-state index contributed by atoms with van der Waals surface area (Å²) < 4.78 is 52.9. The van der Waals surface area contributed by atoms with Gasteiger partial charge in [-0.05, 0) is 55.0 Å². The third-order valence-corrected chi connectivity index (χ3v) is 7.21. The van der Waals surface area contributed by atoms with Gasteiger partial charge in [-0.3, -0.25) is 4.31 Å². The zero-order valence-electron chi connectivity index (χ0n) is 17.0. The molecule has 164 valence electrons. The molecule has 0 saturated heterocycles. The summed E-state index contributed by atoms with van der Waals surface area (Å²) in [5.41, 5.74) is 1.04. The van der Waals surface area contributed by atoms with Crippen molar-refractivity contribution in [3.05, 3.63) is 82.1 Å². The third kappa shape index (κ3) is 4.74. The van der Waals surface area contributed by atoms with Crippen LogP contribution in [0.4, 0.5) is 10.1 Å². The highest BCUT2D eigenvalue weighted by molar-refractivity contribution is 7.92. The largest absolute Gasteiger partial charge is 0.493 e. The molecule has 9 heteroatoms. The molecule has 0 fully saturated rings. The lowest BCUT2D eigenvalue weighted by Gasteiger charge is -2.31. The molecule has 0 bridgehead atoms. The quantitative estimate of drug-likeness (QED) is 0.406. The smallest absolute Gasteiger partial charge is 0.264 e. The Bertz CT molecular complexity index is 1190. The van der Waals surface area contributed by atoms with Gasteiger partial charge in [-0.2, -0.15) is 0 Å². The van der Waals surface area contributed by atoms with Crippen molar-refractivity contribution in [2.45, 2.75) is 17.9 Å². The highest BCUT2D eigenvalue weighted by atomic mass is 35.5. The van der Waals surface area contributed by atoms with E-state index in [9.17, 15) is 12.8 Å². The van der Waals surface area contributed by atoms with Crippen molar-refractivity contribution < 1.29 is 22.3 Å². The number of hydrogen-bond acceptors (Lipinski definition) is 4. The summed E-state index contributed by atoms with van der Waals surface area (Å²) in [5.74, 6) is 0.109. The lowest BCUT2D eigenvalue weighted by atomic mass is 10.1. The van der Waals surface area contributed by atoms with Gasteiger partial charge in [0.2, 0.25) is 0 Å². The normalized spacial score (nSPS) is 12.3. The fraction of sp³-hybridized carbons (Fsp3) is 0.182. The van der Waals surface area contributed by atoms with Gasteiger partial charge in [-0.1, -0.05) is 35.3 Å². The van der Waals surface area contributed by atoms with Crippen LogP contribution >= 0.6 is 23.2 Å². The molecule has 31 heavy (non-hydrogen) atoms. The van der Waals surface area contributed by atoms with Gasteiger partial charge in [0.05, 0.1) is 35.9 Å². The number of nitrogens with zero attached hydrogens (tertiary/aromatic N) is 1. The van der Waals surface area contributed by atoms with E-state index in [-0.39, 0.29) is 9.92 Å². The number of rotatable bonds is 7. The fourth-order valence-electron chi connectivity index (χ4n) is 3.16. The van der Waals surface area contributed by atoms with Gasteiger partial charge in [0, 0.05) is 11.1 Å². The number of benzene rings is 3. The maximum absolute atomic E-state index is 13.7. The third-order valence-electron chi connectivity index (χ3n) is 4.77. The van der Waals surface area contributed by atoms with Crippen LogP contribution in [-0.2, 0) is 10.0 Å². The first kappa shape index (κ1) is 23.2. The Morgan fingerprint density at radius 1 is 0.903 bits per heavy atom. The lowest BCUT2D eigenvalue weighted by Crippen LogP contribution is -2.33. The second kappa shape index (κ2) is 9.34. The Morgan fingerprint density at radius 3 is 2.13 bits per heavy atom.